The van der Waals surface area contributed by atoms with Gasteiger partial charge in [-0.15, -0.1) is 0 Å². The lowest BCUT2D eigenvalue weighted by molar-refractivity contribution is -0.131. The van der Waals surface area contributed by atoms with Crippen LogP contribution in [0.3, 0.4) is 0 Å². The molecule has 2 N–H and O–H groups in total. The Morgan fingerprint density at radius 1 is 0.929 bits per heavy atom. The summed E-state index contributed by atoms with van der Waals surface area (Å²) in [6.07, 6.45) is 2.45. The van der Waals surface area contributed by atoms with Crippen LogP contribution in [0.4, 0.5) is 5.69 Å². The van der Waals surface area contributed by atoms with Gasteiger partial charge < -0.3 is 9.52 Å². The first-order valence-electron chi connectivity index (χ1n) is 8.37. The van der Waals surface area contributed by atoms with Gasteiger partial charge in [0.2, 0.25) is 0 Å². The number of carboxylic acids is 1. The maximum Gasteiger partial charge on any atom is 0.328 e. The van der Waals surface area contributed by atoms with Gasteiger partial charge in [-0.1, -0.05) is 30.3 Å². The highest BCUT2D eigenvalue weighted by Gasteiger charge is 2.17. The Labute approximate surface area is 160 Å². The lowest BCUT2D eigenvalue weighted by Crippen LogP contribution is -2.12. The first-order valence-corrected chi connectivity index (χ1v) is 9.86. The third-order valence-electron chi connectivity index (χ3n) is 4.24. The number of hydrogen-bond donors (Lipinski definition) is 2. The number of furan rings is 1. The molecule has 0 bridgehead atoms. The highest BCUT2D eigenvalue weighted by Crippen LogP contribution is 2.30. The van der Waals surface area contributed by atoms with Crippen molar-refractivity contribution < 1.29 is 22.7 Å². The molecule has 0 aliphatic heterocycles. The number of benzene rings is 3. The average Bonchev–Trinajstić information content (AvgIpc) is 3.05. The van der Waals surface area contributed by atoms with Crippen LogP contribution in [0.15, 0.2) is 82.1 Å². The van der Waals surface area contributed by atoms with Gasteiger partial charge in [-0.2, -0.15) is 0 Å². The molecule has 7 heteroatoms. The average molecular weight is 393 g/mol. The van der Waals surface area contributed by atoms with E-state index in [0.29, 0.717) is 22.4 Å². The summed E-state index contributed by atoms with van der Waals surface area (Å²) < 4.78 is 33.8. The van der Waals surface area contributed by atoms with Crippen molar-refractivity contribution in [3.63, 3.8) is 0 Å². The summed E-state index contributed by atoms with van der Waals surface area (Å²) in [7, 11) is -3.79. The summed E-state index contributed by atoms with van der Waals surface area (Å²) >= 11 is 0. The molecule has 0 amide bonds. The molecule has 4 rings (SSSR count). The molecule has 1 aromatic heterocycles. The van der Waals surface area contributed by atoms with Crippen LogP contribution < -0.4 is 4.72 Å². The van der Waals surface area contributed by atoms with Crippen LogP contribution in [-0.2, 0) is 14.8 Å². The lowest BCUT2D eigenvalue weighted by atomic mass is 10.1. The van der Waals surface area contributed by atoms with E-state index in [1.54, 1.807) is 36.4 Å². The van der Waals surface area contributed by atoms with Gasteiger partial charge in [-0.05, 0) is 48.0 Å². The monoisotopic (exact) mass is 393 g/mol. The van der Waals surface area contributed by atoms with E-state index in [0.717, 1.165) is 16.8 Å². The second kappa shape index (κ2) is 6.86. The molecule has 28 heavy (non-hydrogen) atoms. The van der Waals surface area contributed by atoms with E-state index in [9.17, 15) is 13.2 Å². The van der Waals surface area contributed by atoms with Gasteiger partial charge in [0.15, 0.2) is 0 Å². The molecule has 0 atom stereocenters. The van der Waals surface area contributed by atoms with Crippen molar-refractivity contribution in [1.82, 2.24) is 0 Å². The van der Waals surface area contributed by atoms with Gasteiger partial charge in [0.05, 0.1) is 4.90 Å². The van der Waals surface area contributed by atoms with Crippen LogP contribution >= 0.6 is 0 Å². The van der Waals surface area contributed by atoms with Crippen molar-refractivity contribution in [3.05, 3.63) is 78.4 Å². The van der Waals surface area contributed by atoms with E-state index < -0.39 is 16.0 Å². The Bertz CT molecular complexity index is 1320. The summed E-state index contributed by atoms with van der Waals surface area (Å²) in [5.74, 6) is -1.05. The number of fused-ring (bicyclic) bond motifs is 3. The minimum atomic E-state index is -3.79. The van der Waals surface area contributed by atoms with E-state index in [-0.39, 0.29) is 4.90 Å². The number of sulfonamides is 1. The summed E-state index contributed by atoms with van der Waals surface area (Å²) in [6.45, 7) is 0. The quantitative estimate of drug-likeness (QED) is 0.487. The molecule has 0 aliphatic rings. The molecule has 0 unspecified atom stereocenters. The van der Waals surface area contributed by atoms with Crippen molar-refractivity contribution in [2.24, 2.45) is 0 Å². The summed E-state index contributed by atoms with van der Waals surface area (Å²) in [5, 5.41) is 10.2. The number of aliphatic carboxylic acids is 1. The molecule has 0 radical (unpaired) electrons. The molecule has 0 saturated heterocycles. The SMILES string of the molecule is O=C(O)/C=C/c1ccc(NS(=O)(=O)c2ccc3oc4ccccc4c3c2)cc1. The van der Waals surface area contributed by atoms with Crippen molar-refractivity contribution in [1.29, 1.82) is 0 Å². The fourth-order valence-electron chi connectivity index (χ4n) is 2.92. The van der Waals surface area contributed by atoms with Gasteiger partial charge in [0.1, 0.15) is 11.2 Å². The maximum atomic E-state index is 12.8. The van der Waals surface area contributed by atoms with Crippen LogP contribution in [0.1, 0.15) is 5.56 Å². The fraction of sp³-hybridized carbons (Fsp3) is 0. The van der Waals surface area contributed by atoms with Crippen LogP contribution in [-0.4, -0.2) is 19.5 Å². The van der Waals surface area contributed by atoms with Crippen LogP contribution in [0, 0.1) is 0 Å². The molecule has 3 aromatic carbocycles. The zero-order valence-electron chi connectivity index (χ0n) is 14.5. The smallest absolute Gasteiger partial charge is 0.328 e. The molecule has 1 heterocycles. The highest BCUT2D eigenvalue weighted by atomic mass is 32.2. The molecule has 0 spiro atoms. The number of carboxylic acid groups (broad SMARTS) is 1. The summed E-state index contributed by atoms with van der Waals surface area (Å²) in [6, 6.07) is 18.6. The summed E-state index contributed by atoms with van der Waals surface area (Å²) in [4.78, 5) is 10.7. The lowest BCUT2D eigenvalue weighted by Gasteiger charge is -2.08. The normalized spacial score (nSPS) is 12.0. The highest BCUT2D eigenvalue weighted by molar-refractivity contribution is 7.92. The first-order chi connectivity index (χ1) is 13.4. The van der Waals surface area contributed by atoms with Crippen molar-refractivity contribution in [2.75, 3.05) is 4.72 Å². The molecule has 0 saturated carbocycles. The van der Waals surface area contributed by atoms with E-state index in [1.807, 2.05) is 24.3 Å². The van der Waals surface area contributed by atoms with Gasteiger partial charge in [-0.3, -0.25) is 4.72 Å². The second-order valence-electron chi connectivity index (χ2n) is 6.16. The second-order valence-corrected chi connectivity index (χ2v) is 7.84. The fourth-order valence-corrected chi connectivity index (χ4v) is 4.00. The molecular formula is C21H15NO5S. The first kappa shape index (κ1) is 17.8. The van der Waals surface area contributed by atoms with Gasteiger partial charge in [0.25, 0.3) is 10.0 Å². The molecule has 0 fully saturated rings. The molecular weight excluding hydrogens is 378 g/mol. The van der Waals surface area contributed by atoms with Gasteiger partial charge in [0, 0.05) is 22.5 Å². The van der Waals surface area contributed by atoms with E-state index >= 15 is 0 Å². The summed E-state index contributed by atoms with van der Waals surface area (Å²) in [5.41, 5.74) is 2.35. The standard InChI is InChI=1S/C21H15NO5S/c23-21(24)12-7-14-5-8-15(9-6-14)22-28(25,26)16-10-11-20-18(13-16)17-3-1-2-4-19(17)27-20/h1-13,22H,(H,23,24)/b12-7+. The number of hydrogen-bond acceptors (Lipinski definition) is 4. The van der Waals surface area contributed by atoms with E-state index in [4.69, 9.17) is 9.52 Å². The maximum absolute atomic E-state index is 12.8. The van der Waals surface area contributed by atoms with Crippen molar-refractivity contribution in [3.8, 4) is 0 Å². The van der Waals surface area contributed by atoms with Gasteiger partial charge in [-0.25, -0.2) is 13.2 Å². The number of carbonyl (C=O) groups is 1. The molecule has 0 aliphatic carbocycles. The third-order valence-corrected chi connectivity index (χ3v) is 5.62. The van der Waals surface area contributed by atoms with Crippen LogP contribution in [0.25, 0.3) is 28.0 Å². The minimum Gasteiger partial charge on any atom is -0.478 e. The Hall–Kier alpha value is -3.58. The Balaban J connectivity index is 1.64. The molecule has 6 nitrogen and oxygen atoms in total. The topological polar surface area (TPSA) is 96.6 Å². The number of nitrogens with one attached hydrogen (secondary N) is 1. The number of para-hydroxylation sites is 1. The van der Waals surface area contributed by atoms with E-state index in [2.05, 4.69) is 4.72 Å². The zero-order valence-corrected chi connectivity index (χ0v) is 15.3. The van der Waals surface area contributed by atoms with Crippen LogP contribution in [0.2, 0.25) is 0 Å². The van der Waals surface area contributed by atoms with Crippen molar-refractivity contribution >= 4 is 49.7 Å². The molecule has 140 valence electrons. The predicted molar refractivity (Wildman–Crippen MR) is 108 cm³/mol. The Kier molecular flexibility index (Phi) is 4.37. The Morgan fingerprint density at radius 3 is 2.39 bits per heavy atom. The van der Waals surface area contributed by atoms with Gasteiger partial charge >= 0.3 is 5.97 Å². The van der Waals surface area contributed by atoms with Crippen molar-refractivity contribution in [2.45, 2.75) is 4.90 Å². The van der Waals surface area contributed by atoms with Crippen LogP contribution in [0.5, 0.6) is 0 Å². The molecule has 4 aromatic rings. The largest absolute Gasteiger partial charge is 0.478 e. The number of anilines is 1. The predicted octanol–water partition coefficient (Wildman–Crippen LogP) is 4.48. The zero-order chi connectivity index (χ0) is 19.7. The third kappa shape index (κ3) is 3.47. The minimum absolute atomic E-state index is 0.126. The van der Waals surface area contributed by atoms with E-state index in [1.165, 1.54) is 12.1 Å². The number of rotatable bonds is 5. The Morgan fingerprint density at radius 2 is 1.64 bits per heavy atom.